The minimum atomic E-state index is -0.586. The highest BCUT2D eigenvalue weighted by molar-refractivity contribution is 6.30. The van der Waals surface area contributed by atoms with E-state index in [4.69, 9.17) is 16.6 Å². The second-order valence-electron chi connectivity index (χ2n) is 8.35. The molecule has 1 aliphatic rings. The minimum Gasteiger partial charge on any atom is -0.332 e. The monoisotopic (exact) mass is 468 g/mol. The molecule has 170 valence electrons. The van der Waals surface area contributed by atoms with Crippen molar-refractivity contribution in [2.45, 2.75) is 38.5 Å². The molecule has 2 unspecified atom stereocenters. The van der Waals surface area contributed by atoms with Crippen LogP contribution in [0.3, 0.4) is 0 Å². The molecule has 2 aromatic carbocycles. The Morgan fingerprint density at radius 3 is 2.76 bits per heavy atom. The normalized spacial score (nSPS) is 15.9. The molecule has 2 aromatic heterocycles. The van der Waals surface area contributed by atoms with Gasteiger partial charge in [-0.3, -0.25) is 9.58 Å². The number of aromatic nitrogens is 5. The fourth-order valence-corrected chi connectivity index (χ4v) is 4.69. The molecular weight excluding hydrogens is 446 g/mol. The fourth-order valence-electron chi connectivity index (χ4n) is 4.50. The van der Waals surface area contributed by atoms with Gasteiger partial charge >= 0.3 is 0 Å². The van der Waals surface area contributed by atoms with Gasteiger partial charge < -0.3 is 4.57 Å². The first-order valence-electron chi connectivity index (χ1n) is 10.8. The van der Waals surface area contributed by atoms with Crippen LogP contribution in [0.4, 0.5) is 8.78 Å². The molecule has 4 aromatic rings. The Morgan fingerprint density at radius 2 is 2.00 bits per heavy atom. The van der Waals surface area contributed by atoms with Crippen LogP contribution in [0.5, 0.6) is 0 Å². The summed E-state index contributed by atoms with van der Waals surface area (Å²) in [5, 5.41) is 4.87. The van der Waals surface area contributed by atoms with Gasteiger partial charge in [-0.05, 0) is 30.7 Å². The summed E-state index contributed by atoms with van der Waals surface area (Å²) >= 11 is 6.15. The molecule has 0 spiro atoms. The summed E-state index contributed by atoms with van der Waals surface area (Å²) < 4.78 is 32.2. The van der Waals surface area contributed by atoms with Crippen molar-refractivity contribution in [2.24, 2.45) is 0 Å². The van der Waals surface area contributed by atoms with E-state index in [9.17, 15) is 8.78 Å². The van der Waals surface area contributed by atoms with Crippen molar-refractivity contribution < 1.29 is 8.78 Å². The molecule has 9 heteroatoms. The summed E-state index contributed by atoms with van der Waals surface area (Å²) in [6, 6.07) is 11.4. The predicted octanol–water partition coefficient (Wildman–Crippen LogP) is 4.76. The van der Waals surface area contributed by atoms with Crippen LogP contribution in [0.2, 0.25) is 5.02 Å². The van der Waals surface area contributed by atoms with Crippen LogP contribution in [0, 0.1) is 11.6 Å². The molecule has 3 heterocycles. The third-order valence-corrected chi connectivity index (χ3v) is 6.56. The summed E-state index contributed by atoms with van der Waals surface area (Å²) in [6.45, 7) is 4.69. The van der Waals surface area contributed by atoms with Crippen molar-refractivity contribution in [1.29, 1.82) is 0 Å². The Balaban J connectivity index is 1.41. The molecule has 5 rings (SSSR count). The van der Waals surface area contributed by atoms with Gasteiger partial charge in [0.25, 0.3) is 0 Å². The van der Waals surface area contributed by atoms with Gasteiger partial charge in [0.1, 0.15) is 30.1 Å². The SMILES string of the molecule is CC(C(Cn1cncn1)c1ccc(F)cc1F)N1CCn2cc(-c3cccc(Cl)c3)nc2C1. The third-order valence-electron chi connectivity index (χ3n) is 6.32. The van der Waals surface area contributed by atoms with E-state index in [2.05, 4.69) is 32.7 Å². The third kappa shape index (κ3) is 4.54. The van der Waals surface area contributed by atoms with Gasteiger partial charge in [0.15, 0.2) is 0 Å². The quantitative estimate of drug-likeness (QED) is 0.409. The number of imidazole rings is 1. The highest BCUT2D eigenvalue weighted by atomic mass is 35.5. The maximum atomic E-state index is 14.8. The summed E-state index contributed by atoms with van der Waals surface area (Å²) in [4.78, 5) is 11.1. The van der Waals surface area contributed by atoms with E-state index in [0.717, 1.165) is 36.2 Å². The van der Waals surface area contributed by atoms with Crippen LogP contribution in [0.15, 0.2) is 61.3 Å². The van der Waals surface area contributed by atoms with Gasteiger partial charge in [-0.2, -0.15) is 5.10 Å². The van der Waals surface area contributed by atoms with Crippen molar-refractivity contribution in [3.8, 4) is 11.3 Å². The molecule has 0 radical (unpaired) electrons. The Morgan fingerprint density at radius 1 is 1.12 bits per heavy atom. The zero-order valence-electron chi connectivity index (χ0n) is 18.1. The van der Waals surface area contributed by atoms with E-state index in [1.165, 1.54) is 18.5 Å². The first-order chi connectivity index (χ1) is 16.0. The first kappa shape index (κ1) is 21.7. The van der Waals surface area contributed by atoms with Crippen molar-refractivity contribution in [1.82, 2.24) is 29.2 Å². The van der Waals surface area contributed by atoms with Gasteiger partial charge in [-0.1, -0.05) is 29.8 Å². The summed E-state index contributed by atoms with van der Waals surface area (Å²) in [6.07, 6.45) is 5.12. The van der Waals surface area contributed by atoms with Crippen molar-refractivity contribution in [2.75, 3.05) is 6.54 Å². The lowest BCUT2D eigenvalue weighted by atomic mass is 9.90. The van der Waals surface area contributed by atoms with Gasteiger partial charge in [-0.15, -0.1) is 0 Å². The van der Waals surface area contributed by atoms with E-state index in [0.29, 0.717) is 23.7 Å². The smallest absolute Gasteiger partial charge is 0.137 e. The molecule has 0 saturated heterocycles. The summed E-state index contributed by atoms with van der Waals surface area (Å²) in [5.74, 6) is -0.436. The average Bonchev–Trinajstić information content (AvgIpc) is 3.47. The van der Waals surface area contributed by atoms with Crippen molar-refractivity contribution in [3.63, 3.8) is 0 Å². The summed E-state index contributed by atoms with van der Waals surface area (Å²) in [7, 11) is 0. The Hall–Kier alpha value is -3.10. The largest absolute Gasteiger partial charge is 0.332 e. The Bertz CT molecular complexity index is 1260. The molecule has 0 amide bonds. The zero-order chi connectivity index (χ0) is 22.9. The molecule has 0 bridgehead atoms. The van der Waals surface area contributed by atoms with E-state index < -0.39 is 11.6 Å². The summed E-state index contributed by atoms with van der Waals surface area (Å²) in [5.41, 5.74) is 2.32. The number of fused-ring (bicyclic) bond motifs is 1. The van der Waals surface area contributed by atoms with E-state index >= 15 is 0 Å². The highest BCUT2D eigenvalue weighted by Gasteiger charge is 2.31. The van der Waals surface area contributed by atoms with Crippen LogP contribution >= 0.6 is 11.6 Å². The number of benzene rings is 2. The first-order valence-corrected chi connectivity index (χ1v) is 11.2. The molecule has 33 heavy (non-hydrogen) atoms. The van der Waals surface area contributed by atoms with Crippen LogP contribution in [0.1, 0.15) is 24.2 Å². The van der Waals surface area contributed by atoms with Gasteiger partial charge in [0.2, 0.25) is 0 Å². The maximum Gasteiger partial charge on any atom is 0.137 e. The van der Waals surface area contributed by atoms with Crippen molar-refractivity contribution in [3.05, 3.63) is 89.4 Å². The second-order valence-corrected chi connectivity index (χ2v) is 8.78. The van der Waals surface area contributed by atoms with Gasteiger partial charge in [-0.25, -0.2) is 18.7 Å². The minimum absolute atomic E-state index is 0.0470. The molecule has 0 N–H and O–H groups in total. The predicted molar refractivity (Wildman–Crippen MR) is 122 cm³/mol. The Kier molecular flexibility index (Phi) is 5.95. The van der Waals surface area contributed by atoms with Gasteiger partial charge in [0.05, 0.1) is 18.8 Å². The van der Waals surface area contributed by atoms with E-state index in [1.54, 1.807) is 11.0 Å². The van der Waals surface area contributed by atoms with E-state index in [1.807, 2.05) is 24.3 Å². The molecule has 6 nitrogen and oxygen atoms in total. The number of rotatable bonds is 6. The molecular formula is C24H23ClF2N6. The molecule has 0 aliphatic carbocycles. The number of hydrogen-bond acceptors (Lipinski definition) is 4. The fraction of sp³-hybridized carbons (Fsp3) is 0.292. The van der Waals surface area contributed by atoms with Crippen LogP contribution in [-0.2, 0) is 19.6 Å². The molecule has 1 aliphatic heterocycles. The maximum absolute atomic E-state index is 14.8. The van der Waals surface area contributed by atoms with Crippen molar-refractivity contribution >= 4 is 11.6 Å². The van der Waals surface area contributed by atoms with Crippen LogP contribution < -0.4 is 0 Å². The molecule has 0 fully saturated rings. The average molecular weight is 469 g/mol. The van der Waals surface area contributed by atoms with E-state index in [-0.39, 0.29) is 12.0 Å². The second kappa shape index (κ2) is 9.03. The molecule has 0 saturated carbocycles. The lowest BCUT2D eigenvalue weighted by Crippen LogP contribution is -2.43. The lowest BCUT2D eigenvalue weighted by molar-refractivity contribution is 0.134. The molecule has 2 atom stereocenters. The van der Waals surface area contributed by atoms with Gasteiger partial charge in [0, 0.05) is 47.9 Å². The standard InChI is InChI=1S/C24H23ClF2N6/c1-16(21(11-33-15-28-14-29-33)20-6-5-19(26)10-22(20)27)31-7-8-32-12-23(30-24(32)13-31)17-3-2-4-18(25)9-17/h2-6,9-10,12,14-16,21H,7-8,11,13H2,1H3. The topological polar surface area (TPSA) is 51.8 Å². The highest BCUT2D eigenvalue weighted by Crippen LogP contribution is 2.31. The van der Waals surface area contributed by atoms with Crippen LogP contribution in [0.25, 0.3) is 11.3 Å². The van der Waals surface area contributed by atoms with Crippen LogP contribution in [-0.4, -0.2) is 41.8 Å². The lowest BCUT2D eigenvalue weighted by Gasteiger charge is -2.37. The number of nitrogens with zero attached hydrogens (tertiary/aromatic N) is 6. The zero-order valence-corrected chi connectivity index (χ0v) is 18.8. The number of halogens is 3. The number of hydrogen-bond donors (Lipinski definition) is 0. The Labute approximate surface area is 195 Å².